The molecule has 1 unspecified atom stereocenters. The smallest absolute Gasteiger partial charge is 0.222 e. The van der Waals surface area contributed by atoms with Gasteiger partial charge in [-0.05, 0) is 19.3 Å². The van der Waals surface area contributed by atoms with Gasteiger partial charge in [-0.2, -0.15) is 0 Å². The number of aromatic nitrogens is 2. The zero-order valence-corrected chi connectivity index (χ0v) is 11.2. The van der Waals surface area contributed by atoms with Crippen LogP contribution in [-0.2, 0) is 11.2 Å². The number of hydrogen-bond acceptors (Lipinski definition) is 4. The average Bonchev–Trinajstić information content (AvgIpc) is 2.38. The van der Waals surface area contributed by atoms with Gasteiger partial charge in [-0.15, -0.1) is 0 Å². The fourth-order valence-electron chi connectivity index (χ4n) is 2.36. The highest BCUT2D eigenvalue weighted by molar-refractivity contribution is 6.30. The second kappa shape index (κ2) is 5.52. The van der Waals surface area contributed by atoms with Crippen LogP contribution in [0.3, 0.4) is 0 Å². The molecule has 0 saturated carbocycles. The second-order valence-electron chi connectivity index (χ2n) is 4.51. The van der Waals surface area contributed by atoms with Gasteiger partial charge in [0.15, 0.2) is 0 Å². The molecule has 0 radical (unpaired) electrons. The van der Waals surface area contributed by atoms with Crippen molar-refractivity contribution in [3.8, 4) is 0 Å². The maximum atomic E-state index is 11.3. The molecule has 6 heteroatoms. The lowest BCUT2D eigenvalue weighted by molar-refractivity contribution is -0.122. The molecule has 1 atom stereocenters. The van der Waals surface area contributed by atoms with E-state index in [0.717, 1.165) is 37.2 Å². The van der Waals surface area contributed by atoms with E-state index in [1.807, 2.05) is 6.92 Å². The number of halogens is 1. The lowest BCUT2D eigenvalue weighted by Gasteiger charge is -2.33. The van der Waals surface area contributed by atoms with Gasteiger partial charge in [-0.3, -0.25) is 4.79 Å². The first kappa shape index (κ1) is 13.1. The van der Waals surface area contributed by atoms with Crippen LogP contribution in [0.4, 0.5) is 5.82 Å². The zero-order chi connectivity index (χ0) is 13.1. The molecular weight excluding hydrogens is 252 g/mol. The molecule has 0 aliphatic carbocycles. The van der Waals surface area contributed by atoms with E-state index in [0.29, 0.717) is 11.7 Å². The maximum absolute atomic E-state index is 11.3. The molecule has 0 bridgehead atoms. The Labute approximate surface area is 111 Å². The Morgan fingerprint density at radius 3 is 3.06 bits per heavy atom. The number of carbonyl (C=O) groups excluding carboxylic acids is 1. The van der Waals surface area contributed by atoms with Gasteiger partial charge in [0.2, 0.25) is 5.91 Å². The lowest BCUT2D eigenvalue weighted by atomic mass is 9.97. The molecule has 1 aromatic heterocycles. The van der Waals surface area contributed by atoms with Crippen LogP contribution in [0.2, 0.25) is 5.15 Å². The molecule has 2 N–H and O–H groups in total. The summed E-state index contributed by atoms with van der Waals surface area (Å²) in [6.07, 6.45) is 4.03. The van der Waals surface area contributed by atoms with E-state index in [-0.39, 0.29) is 11.8 Å². The third-order valence-electron chi connectivity index (χ3n) is 3.35. The van der Waals surface area contributed by atoms with E-state index >= 15 is 0 Å². The molecule has 98 valence electrons. The summed E-state index contributed by atoms with van der Waals surface area (Å²) in [6, 6.07) is 0. The molecule has 1 saturated heterocycles. The lowest BCUT2D eigenvalue weighted by Crippen LogP contribution is -2.42. The highest BCUT2D eigenvalue weighted by Gasteiger charge is 2.26. The second-order valence-corrected chi connectivity index (χ2v) is 4.87. The van der Waals surface area contributed by atoms with Gasteiger partial charge in [0, 0.05) is 18.7 Å². The van der Waals surface area contributed by atoms with E-state index in [4.69, 9.17) is 17.3 Å². The normalized spacial score (nSPS) is 19.9. The molecule has 1 aromatic rings. The number of hydrogen-bond donors (Lipinski definition) is 1. The largest absolute Gasteiger partial charge is 0.369 e. The van der Waals surface area contributed by atoms with Crippen molar-refractivity contribution >= 4 is 23.3 Å². The van der Waals surface area contributed by atoms with Crippen LogP contribution in [0.1, 0.15) is 25.3 Å². The third kappa shape index (κ3) is 2.56. The van der Waals surface area contributed by atoms with Crippen LogP contribution >= 0.6 is 11.6 Å². The monoisotopic (exact) mass is 268 g/mol. The van der Waals surface area contributed by atoms with Gasteiger partial charge in [0.05, 0.1) is 5.92 Å². The number of rotatable bonds is 3. The Bertz CT molecular complexity index is 452. The molecular formula is C12H17ClN4O. The van der Waals surface area contributed by atoms with E-state index in [1.54, 1.807) is 0 Å². The Morgan fingerprint density at radius 2 is 2.39 bits per heavy atom. The van der Waals surface area contributed by atoms with Crippen molar-refractivity contribution in [1.29, 1.82) is 0 Å². The van der Waals surface area contributed by atoms with Gasteiger partial charge in [0.25, 0.3) is 0 Å². The van der Waals surface area contributed by atoms with Crippen molar-refractivity contribution in [1.82, 2.24) is 9.97 Å². The predicted molar refractivity (Wildman–Crippen MR) is 70.6 cm³/mol. The maximum Gasteiger partial charge on any atom is 0.222 e. The quantitative estimate of drug-likeness (QED) is 0.841. The number of carbonyl (C=O) groups is 1. The van der Waals surface area contributed by atoms with Gasteiger partial charge in [0.1, 0.15) is 17.3 Å². The van der Waals surface area contributed by atoms with Crippen LogP contribution in [0, 0.1) is 5.92 Å². The van der Waals surface area contributed by atoms with Gasteiger partial charge < -0.3 is 10.6 Å². The van der Waals surface area contributed by atoms with Crippen LogP contribution < -0.4 is 10.6 Å². The van der Waals surface area contributed by atoms with Gasteiger partial charge >= 0.3 is 0 Å². The Kier molecular flexibility index (Phi) is 4.01. The van der Waals surface area contributed by atoms with Gasteiger partial charge in [-0.1, -0.05) is 18.5 Å². The number of nitrogens with zero attached hydrogens (tertiary/aromatic N) is 3. The summed E-state index contributed by atoms with van der Waals surface area (Å²) >= 11 is 6.08. The van der Waals surface area contributed by atoms with E-state index in [1.165, 1.54) is 6.33 Å². The number of nitrogens with two attached hydrogens (primary N) is 1. The van der Waals surface area contributed by atoms with Crippen molar-refractivity contribution in [2.75, 3.05) is 18.0 Å². The van der Waals surface area contributed by atoms with E-state index in [2.05, 4.69) is 14.9 Å². The number of amides is 1. The summed E-state index contributed by atoms with van der Waals surface area (Å²) in [4.78, 5) is 21.7. The fourth-order valence-corrected chi connectivity index (χ4v) is 2.62. The number of primary amides is 1. The predicted octanol–water partition coefficient (Wildman–Crippen LogP) is 1.39. The highest BCUT2D eigenvalue weighted by atomic mass is 35.5. The Hall–Kier alpha value is -1.36. The number of piperidine rings is 1. The standard InChI is InChI=1S/C12H17ClN4O/c1-2-9-10(13)15-7-16-12(9)17-5-3-4-8(6-17)11(14)18/h7-8H,2-6H2,1H3,(H2,14,18). The molecule has 1 amide bonds. The number of anilines is 1. The molecule has 1 aliphatic heterocycles. The van der Waals surface area contributed by atoms with Crippen LogP contribution in [-0.4, -0.2) is 29.0 Å². The molecule has 1 fully saturated rings. The van der Waals surface area contributed by atoms with Crippen LogP contribution in [0.5, 0.6) is 0 Å². The summed E-state index contributed by atoms with van der Waals surface area (Å²) in [6.45, 7) is 3.52. The Balaban J connectivity index is 2.26. The van der Waals surface area contributed by atoms with E-state index in [9.17, 15) is 4.79 Å². The third-order valence-corrected chi connectivity index (χ3v) is 3.67. The average molecular weight is 269 g/mol. The fraction of sp³-hybridized carbons (Fsp3) is 0.583. The SMILES string of the molecule is CCc1c(Cl)ncnc1N1CCCC(C(N)=O)C1. The molecule has 0 aromatic carbocycles. The summed E-state index contributed by atoms with van der Waals surface area (Å²) < 4.78 is 0. The highest BCUT2D eigenvalue weighted by Crippen LogP contribution is 2.27. The molecule has 0 spiro atoms. The minimum absolute atomic E-state index is 0.0998. The van der Waals surface area contributed by atoms with Crippen molar-refractivity contribution in [2.24, 2.45) is 11.7 Å². The van der Waals surface area contributed by atoms with Crippen LogP contribution in [0.25, 0.3) is 0 Å². The Morgan fingerprint density at radius 1 is 1.61 bits per heavy atom. The van der Waals surface area contributed by atoms with Crippen molar-refractivity contribution in [3.05, 3.63) is 17.0 Å². The first-order valence-corrected chi connectivity index (χ1v) is 6.55. The first-order valence-electron chi connectivity index (χ1n) is 6.17. The van der Waals surface area contributed by atoms with Gasteiger partial charge in [-0.25, -0.2) is 9.97 Å². The summed E-state index contributed by atoms with van der Waals surface area (Å²) in [7, 11) is 0. The topological polar surface area (TPSA) is 72.1 Å². The van der Waals surface area contributed by atoms with Crippen molar-refractivity contribution in [3.63, 3.8) is 0 Å². The summed E-state index contributed by atoms with van der Waals surface area (Å²) in [5, 5.41) is 0.490. The summed E-state index contributed by atoms with van der Waals surface area (Å²) in [5.74, 6) is 0.499. The molecule has 2 rings (SSSR count). The molecule has 5 nitrogen and oxygen atoms in total. The molecule has 18 heavy (non-hydrogen) atoms. The van der Waals surface area contributed by atoms with Crippen molar-refractivity contribution < 1.29 is 4.79 Å². The zero-order valence-electron chi connectivity index (χ0n) is 10.4. The molecule has 1 aliphatic rings. The first-order chi connectivity index (χ1) is 8.63. The minimum atomic E-state index is -0.238. The van der Waals surface area contributed by atoms with E-state index < -0.39 is 0 Å². The van der Waals surface area contributed by atoms with Crippen LogP contribution in [0.15, 0.2) is 6.33 Å². The van der Waals surface area contributed by atoms with Crippen molar-refractivity contribution in [2.45, 2.75) is 26.2 Å². The molecule has 2 heterocycles. The minimum Gasteiger partial charge on any atom is -0.369 e. The summed E-state index contributed by atoms with van der Waals surface area (Å²) in [5.41, 5.74) is 6.32.